The Balaban J connectivity index is 1.27. The fraction of sp³-hybridized carbons (Fsp3) is 0.544. The first-order valence-electron chi connectivity index (χ1n) is 26.7. The molecule has 2 amide bonds. The van der Waals surface area contributed by atoms with Gasteiger partial charge in [-0.05, 0) is 93.0 Å². The first-order chi connectivity index (χ1) is 39.0. The van der Waals surface area contributed by atoms with Crippen LogP contribution < -0.4 is 15.5 Å². The Labute approximate surface area is 474 Å². The second-order valence-electron chi connectivity index (χ2n) is 21.7. The Hall–Kier alpha value is -6.82. The number of ketones is 1. The first-order valence-corrected chi connectivity index (χ1v) is 26.7. The monoisotopic (exact) mass is 1180 g/mol. The number of ether oxygens (including phenoxy) is 3. The van der Waals surface area contributed by atoms with Crippen molar-refractivity contribution in [2.75, 3.05) is 78.3 Å². The Morgan fingerprint density at radius 2 is 1.43 bits per heavy atom. The molecule has 0 saturated carbocycles. The van der Waals surface area contributed by atoms with E-state index in [1.807, 2.05) is 17.4 Å². The Kier molecular flexibility index (Phi) is 22.2. The van der Waals surface area contributed by atoms with E-state index in [2.05, 4.69) is 46.5 Å². The van der Waals surface area contributed by atoms with Gasteiger partial charge in [-0.1, -0.05) is 37.8 Å². The SMILES string of the molecule is COC(=O)C[C@H](C(=O)NCN(CCc1c(F)cc(-c2cnn(C(F)F)c2)cc1F)C[C@H](O)[C@@H](CC(=O)[C@@H](NC(=O)OC)C(C)(C)C(F)(F)F)Cc1ccc(C#Cc2ccc(N3CCN(C4CCOCC4)CC3)nc2)cc1)C(C)(C)C(F)(F)F. The molecule has 454 valence electrons. The lowest BCUT2D eigenvalue weighted by Gasteiger charge is -2.41. The van der Waals surface area contributed by atoms with Crippen LogP contribution in [0.4, 0.5) is 54.5 Å². The van der Waals surface area contributed by atoms with Gasteiger partial charge in [-0.25, -0.2) is 23.2 Å². The molecule has 6 rings (SSSR count). The molecule has 2 saturated heterocycles. The van der Waals surface area contributed by atoms with Gasteiger partial charge >= 0.3 is 31.0 Å². The number of anilines is 1. The zero-order chi connectivity index (χ0) is 61.0. The highest BCUT2D eigenvalue weighted by Gasteiger charge is 2.56. The lowest BCUT2D eigenvalue weighted by Crippen LogP contribution is -2.56. The molecule has 0 unspecified atom stereocenters. The molecule has 16 nitrogen and oxygen atoms in total. The van der Waals surface area contributed by atoms with Gasteiger partial charge in [0.05, 0.1) is 56.4 Å². The molecule has 2 aromatic heterocycles. The number of aliphatic hydroxyl groups excluding tert-OH is 1. The standard InChI is InChI=1S/C57H68F10N8O8/c1-54(2,56(62,63)64)43(29-49(78)81-5)51(79)69-34-72(18-15-42-44(58)26-38(27-45(42)59)40-31-70-75(32-40)52(60)61)33-47(77)39(28-46(76)50(71-53(80)82-6)55(3,4)57(65,66)67)25-36-10-7-35(8-11-36)9-12-37-13-14-48(68-30-37)74-21-19-73(20-22-74)41-16-23-83-24-17-41/h7-8,10-11,13-14,26-27,30-32,39,41,43,47,50,52,77H,15-25,28-29,33-34H2,1-6H3,(H,69,79)(H,71,80)/t39-,43-,47+,50-/m1/s1. The molecule has 83 heavy (non-hydrogen) atoms. The van der Waals surface area contributed by atoms with Crippen LogP contribution in [0.15, 0.2) is 67.1 Å². The topological polar surface area (TPSA) is 181 Å². The first kappa shape index (κ1) is 65.3. The summed E-state index contributed by atoms with van der Waals surface area (Å²) in [6.07, 6.45) is -10.5. The summed E-state index contributed by atoms with van der Waals surface area (Å²) in [7, 11) is 1.77. The number of hydrogen-bond acceptors (Lipinski definition) is 13. The van der Waals surface area contributed by atoms with Crippen LogP contribution in [0.5, 0.6) is 0 Å². The van der Waals surface area contributed by atoms with Gasteiger partial charge in [0.15, 0.2) is 5.78 Å². The van der Waals surface area contributed by atoms with E-state index in [-0.39, 0.29) is 22.2 Å². The number of nitrogens with zero attached hydrogens (tertiary/aromatic N) is 6. The van der Waals surface area contributed by atoms with Crippen LogP contribution in [0.2, 0.25) is 0 Å². The summed E-state index contributed by atoms with van der Waals surface area (Å²) in [5.74, 6) is -2.57. The molecule has 3 N–H and O–H groups in total. The molecule has 4 aromatic rings. The average Bonchev–Trinajstić information content (AvgIpc) is 4.13. The van der Waals surface area contributed by atoms with E-state index < -0.39 is 134 Å². The number of Topliss-reactive ketones (excluding diaryl/α,β-unsaturated/α-hetero) is 1. The van der Waals surface area contributed by atoms with Crippen molar-refractivity contribution >= 4 is 29.6 Å². The van der Waals surface area contributed by atoms with Crippen LogP contribution >= 0.6 is 0 Å². The van der Waals surface area contributed by atoms with Gasteiger partial charge < -0.3 is 34.9 Å². The summed E-state index contributed by atoms with van der Waals surface area (Å²) in [5, 5.41) is 19.9. The summed E-state index contributed by atoms with van der Waals surface area (Å²) in [5.41, 5.74) is -5.04. The van der Waals surface area contributed by atoms with Crippen molar-refractivity contribution < 1.29 is 82.4 Å². The third-order valence-electron chi connectivity index (χ3n) is 15.5. The second kappa shape index (κ2) is 28.2. The van der Waals surface area contributed by atoms with Crippen LogP contribution in [-0.2, 0) is 41.4 Å². The van der Waals surface area contributed by atoms with E-state index in [0.717, 1.165) is 102 Å². The summed E-state index contributed by atoms with van der Waals surface area (Å²) in [4.78, 5) is 63.3. The van der Waals surface area contributed by atoms with Crippen molar-refractivity contribution in [1.29, 1.82) is 0 Å². The minimum absolute atomic E-state index is 0.0687. The maximum Gasteiger partial charge on any atom is 0.407 e. The van der Waals surface area contributed by atoms with Gasteiger partial charge in [0.1, 0.15) is 23.5 Å². The number of hydrogen-bond donors (Lipinski definition) is 3. The molecule has 2 aromatic carbocycles. The molecule has 2 aliphatic heterocycles. The maximum atomic E-state index is 15.8. The van der Waals surface area contributed by atoms with Crippen molar-refractivity contribution in [3.63, 3.8) is 0 Å². The van der Waals surface area contributed by atoms with Gasteiger partial charge in [0.2, 0.25) is 5.91 Å². The van der Waals surface area contributed by atoms with Crippen LogP contribution in [0.3, 0.4) is 0 Å². The van der Waals surface area contributed by atoms with Crippen LogP contribution in [-0.4, -0.2) is 157 Å². The molecule has 2 aliphatic rings. The summed E-state index contributed by atoms with van der Waals surface area (Å²) >= 11 is 0. The zero-order valence-electron chi connectivity index (χ0n) is 46.7. The number of carbonyl (C=O) groups is 4. The number of carbonyl (C=O) groups excluding carboxylic acids is 4. The molecule has 0 spiro atoms. The van der Waals surface area contributed by atoms with Crippen molar-refractivity contribution in [2.45, 2.75) is 103 Å². The van der Waals surface area contributed by atoms with Crippen LogP contribution in [0.1, 0.15) is 82.2 Å². The predicted octanol–water partition coefficient (Wildman–Crippen LogP) is 8.50. The lowest BCUT2D eigenvalue weighted by molar-refractivity contribution is -0.230. The smallest absolute Gasteiger partial charge is 0.407 e. The Bertz CT molecular complexity index is 2870. The predicted molar refractivity (Wildman–Crippen MR) is 283 cm³/mol. The minimum Gasteiger partial charge on any atom is -0.469 e. The normalized spacial score (nSPS) is 16.4. The molecule has 0 aliphatic carbocycles. The number of aliphatic hydroxyl groups is 1. The molecule has 4 heterocycles. The van der Waals surface area contributed by atoms with Crippen molar-refractivity contribution in [3.05, 3.63) is 101 Å². The molecular weight excluding hydrogens is 1110 g/mol. The van der Waals surface area contributed by atoms with Crippen LogP contribution in [0, 0.1) is 46.1 Å². The van der Waals surface area contributed by atoms with E-state index >= 15 is 8.78 Å². The van der Waals surface area contributed by atoms with Crippen LogP contribution in [0.25, 0.3) is 11.1 Å². The van der Waals surface area contributed by atoms with Gasteiger partial charge in [-0.2, -0.15) is 40.2 Å². The Morgan fingerprint density at radius 1 is 0.819 bits per heavy atom. The van der Waals surface area contributed by atoms with Crippen molar-refractivity contribution in [2.24, 2.45) is 22.7 Å². The minimum atomic E-state index is -5.09. The molecule has 0 bridgehead atoms. The van der Waals surface area contributed by atoms with Gasteiger partial charge in [0.25, 0.3) is 0 Å². The number of benzene rings is 2. The summed E-state index contributed by atoms with van der Waals surface area (Å²) in [6.45, 7) is 2.70. The third-order valence-corrected chi connectivity index (χ3v) is 15.5. The van der Waals surface area contributed by atoms with E-state index in [1.54, 1.807) is 30.5 Å². The number of rotatable bonds is 23. The molecule has 0 radical (unpaired) electrons. The van der Waals surface area contributed by atoms with Gasteiger partial charge in [-0.3, -0.25) is 24.2 Å². The number of nitrogens with one attached hydrogen (secondary N) is 2. The number of aromatic nitrogens is 3. The Morgan fingerprint density at radius 3 is 1.99 bits per heavy atom. The molecule has 26 heteroatoms. The number of methoxy groups -OCH3 is 2. The number of piperazine rings is 1. The molecule has 4 atom stereocenters. The third kappa shape index (κ3) is 17.2. The van der Waals surface area contributed by atoms with Crippen molar-refractivity contribution in [1.82, 2.24) is 35.2 Å². The van der Waals surface area contributed by atoms with E-state index in [1.165, 1.54) is 0 Å². The highest BCUT2D eigenvalue weighted by molar-refractivity contribution is 5.88. The summed E-state index contributed by atoms with van der Waals surface area (Å²) in [6, 6.07) is 10.1. The quantitative estimate of drug-likeness (QED) is 0.0279. The van der Waals surface area contributed by atoms with Crippen molar-refractivity contribution in [3.8, 4) is 23.0 Å². The number of amides is 2. The second-order valence-corrected chi connectivity index (χ2v) is 21.7. The molecule has 2 fully saturated rings. The van der Waals surface area contributed by atoms with E-state index in [0.29, 0.717) is 50.4 Å². The average molecular weight is 1180 g/mol. The van der Waals surface area contributed by atoms with E-state index in [9.17, 15) is 59.4 Å². The number of alkyl carbamates (subject to hydrolysis) is 1. The highest BCUT2D eigenvalue weighted by atomic mass is 19.4. The zero-order valence-corrected chi connectivity index (χ0v) is 46.7. The largest absolute Gasteiger partial charge is 0.469 e. The lowest BCUT2D eigenvalue weighted by atomic mass is 9.75. The summed E-state index contributed by atoms with van der Waals surface area (Å²) < 4.78 is 160. The fourth-order valence-electron chi connectivity index (χ4n) is 9.87. The van der Waals surface area contributed by atoms with E-state index in [4.69, 9.17) is 4.74 Å². The maximum absolute atomic E-state index is 15.8. The van der Waals surface area contributed by atoms with Gasteiger partial charge in [-0.15, -0.1) is 0 Å². The number of halogens is 10. The number of alkyl halides is 8. The molecular formula is C57H68F10N8O8. The number of esters is 1. The number of pyridine rings is 1. The fourth-order valence-corrected chi connectivity index (χ4v) is 9.87. The highest BCUT2D eigenvalue weighted by Crippen LogP contribution is 2.45. The van der Waals surface area contributed by atoms with Gasteiger partial charge in [0, 0.05) is 99.6 Å².